The highest BCUT2D eigenvalue weighted by atomic mass is 32.2. The van der Waals surface area contributed by atoms with E-state index < -0.39 is 45.7 Å². The van der Waals surface area contributed by atoms with E-state index in [1.54, 1.807) is 34.6 Å². The normalized spacial score (nSPS) is 21.7. The van der Waals surface area contributed by atoms with Crippen LogP contribution < -0.4 is 0 Å². The highest BCUT2D eigenvalue weighted by Crippen LogP contribution is 2.32. The zero-order valence-corrected chi connectivity index (χ0v) is 17.0. The molecule has 1 aliphatic heterocycles. The number of carbonyl (C=O) groups excluding carboxylic acids is 2. The first-order valence-electron chi connectivity index (χ1n) is 7.97. The van der Waals surface area contributed by atoms with Crippen LogP contribution in [-0.2, 0) is 33.3 Å². The third kappa shape index (κ3) is 6.58. The number of esters is 1. The zero-order chi connectivity index (χ0) is 20.3. The molecule has 0 spiro atoms. The first-order valence-corrected chi connectivity index (χ1v) is 9.78. The summed E-state index contributed by atoms with van der Waals surface area (Å²) in [7, 11) is -2.69. The molecule has 150 valence electrons. The molecule has 0 aromatic rings. The Morgan fingerprint density at radius 1 is 1.31 bits per heavy atom. The molecule has 0 aliphatic carbocycles. The maximum atomic E-state index is 12.7. The molecule has 1 amide bonds. The molecule has 1 fully saturated rings. The van der Waals surface area contributed by atoms with Gasteiger partial charge < -0.3 is 14.2 Å². The van der Waals surface area contributed by atoms with Gasteiger partial charge >= 0.3 is 12.1 Å². The van der Waals surface area contributed by atoms with Crippen LogP contribution in [-0.4, -0.2) is 68.8 Å². The average molecular weight is 393 g/mol. The molecule has 1 saturated heterocycles. The van der Waals surface area contributed by atoms with E-state index in [0.717, 1.165) is 12.3 Å². The standard InChI is InChI=1S/C16H27NO8S/c1-15(2,3)24-14(19)17-11(10-23-16(17,4)5)12(25-26(7,20)21)8-9-13(18)22-6/h8-9,11-12H,10H2,1-7H3/b9-8+/t11-,12+/m0/s1. The van der Waals surface area contributed by atoms with Gasteiger partial charge in [0.15, 0.2) is 0 Å². The number of amides is 1. The number of rotatable bonds is 5. The first-order chi connectivity index (χ1) is 11.7. The lowest BCUT2D eigenvalue weighted by molar-refractivity contribution is -0.134. The fraction of sp³-hybridized carbons (Fsp3) is 0.750. The van der Waals surface area contributed by atoms with Crippen molar-refractivity contribution in [3.8, 4) is 0 Å². The topological polar surface area (TPSA) is 108 Å². The summed E-state index contributed by atoms with van der Waals surface area (Å²) in [5.74, 6) is -0.686. The van der Waals surface area contributed by atoms with Gasteiger partial charge in [0.1, 0.15) is 17.4 Å². The fourth-order valence-corrected chi connectivity index (χ4v) is 3.00. The van der Waals surface area contributed by atoms with Crippen molar-refractivity contribution in [3.05, 3.63) is 12.2 Å². The molecule has 1 rings (SSSR count). The predicted molar refractivity (Wildman–Crippen MR) is 92.8 cm³/mol. The van der Waals surface area contributed by atoms with Crippen LogP contribution in [0.2, 0.25) is 0 Å². The SMILES string of the molecule is COC(=O)/C=C/[C@@H](OS(C)(=O)=O)[C@@H]1COC(C)(C)N1C(=O)OC(C)(C)C. The Labute approximate surface area is 154 Å². The largest absolute Gasteiger partial charge is 0.466 e. The van der Waals surface area contributed by atoms with E-state index in [2.05, 4.69) is 4.74 Å². The lowest BCUT2D eigenvalue weighted by Gasteiger charge is -2.36. The summed E-state index contributed by atoms with van der Waals surface area (Å²) in [6.07, 6.45) is 1.30. The maximum absolute atomic E-state index is 12.7. The molecule has 10 heteroatoms. The third-order valence-corrected chi connectivity index (χ3v) is 3.97. The Hall–Kier alpha value is -1.65. The molecule has 26 heavy (non-hydrogen) atoms. The number of methoxy groups -OCH3 is 1. The van der Waals surface area contributed by atoms with Gasteiger partial charge in [-0.3, -0.25) is 9.08 Å². The molecular formula is C16H27NO8S. The van der Waals surface area contributed by atoms with Crippen molar-refractivity contribution in [3.63, 3.8) is 0 Å². The number of hydrogen-bond donors (Lipinski definition) is 0. The molecule has 0 aromatic carbocycles. The van der Waals surface area contributed by atoms with E-state index in [0.29, 0.717) is 0 Å². The predicted octanol–water partition coefficient (Wildman–Crippen LogP) is 1.43. The Bertz CT molecular complexity index is 662. The summed E-state index contributed by atoms with van der Waals surface area (Å²) in [6, 6.07) is -0.824. The quantitative estimate of drug-likeness (QED) is 0.392. The third-order valence-electron chi connectivity index (χ3n) is 3.40. The molecule has 0 N–H and O–H groups in total. The number of ether oxygens (including phenoxy) is 3. The molecule has 0 unspecified atom stereocenters. The van der Waals surface area contributed by atoms with Gasteiger partial charge in [-0.05, 0) is 40.7 Å². The second-order valence-corrected chi connectivity index (χ2v) is 8.92. The molecule has 1 heterocycles. The first kappa shape index (κ1) is 22.4. The number of nitrogens with zero attached hydrogens (tertiary/aromatic N) is 1. The van der Waals surface area contributed by atoms with E-state index in [1.165, 1.54) is 18.1 Å². The van der Waals surface area contributed by atoms with Crippen molar-refractivity contribution >= 4 is 22.2 Å². The Balaban J connectivity index is 3.22. The van der Waals surface area contributed by atoms with Crippen LogP contribution in [0.15, 0.2) is 12.2 Å². The van der Waals surface area contributed by atoms with Crippen LogP contribution in [0.5, 0.6) is 0 Å². The second-order valence-electron chi connectivity index (χ2n) is 7.32. The van der Waals surface area contributed by atoms with Crippen LogP contribution in [0, 0.1) is 0 Å². The molecule has 0 saturated carbocycles. The van der Waals surface area contributed by atoms with Gasteiger partial charge in [-0.15, -0.1) is 0 Å². The van der Waals surface area contributed by atoms with Gasteiger partial charge in [0.05, 0.1) is 26.0 Å². The smallest absolute Gasteiger partial charge is 0.413 e. The van der Waals surface area contributed by atoms with Crippen LogP contribution in [0.1, 0.15) is 34.6 Å². The summed E-state index contributed by atoms with van der Waals surface area (Å²) in [4.78, 5) is 25.3. The van der Waals surface area contributed by atoms with Gasteiger partial charge in [0, 0.05) is 6.08 Å². The molecule has 0 aromatic heterocycles. The molecule has 0 radical (unpaired) electrons. The van der Waals surface area contributed by atoms with Gasteiger partial charge in [-0.1, -0.05) is 0 Å². The van der Waals surface area contributed by atoms with Crippen molar-refractivity contribution in [2.24, 2.45) is 0 Å². The minimum atomic E-state index is -3.87. The Morgan fingerprint density at radius 3 is 2.35 bits per heavy atom. The van der Waals surface area contributed by atoms with Crippen molar-refractivity contribution in [1.29, 1.82) is 0 Å². The van der Waals surface area contributed by atoms with Gasteiger partial charge in [-0.2, -0.15) is 8.42 Å². The summed E-state index contributed by atoms with van der Waals surface area (Å²) >= 11 is 0. The van der Waals surface area contributed by atoms with Crippen molar-refractivity contribution in [1.82, 2.24) is 4.90 Å². The minimum Gasteiger partial charge on any atom is -0.466 e. The molecule has 9 nitrogen and oxygen atoms in total. The van der Waals surface area contributed by atoms with Crippen molar-refractivity contribution in [2.75, 3.05) is 20.0 Å². The second kappa shape index (κ2) is 7.93. The Kier molecular flexibility index (Phi) is 6.83. The van der Waals surface area contributed by atoms with E-state index in [-0.39, 0.29) is 6.61 Å². The lowest BCUT2D eigenvalue weighted by Crippen LogP contribution is -2.53. The fourth-order valence-electron chi connectivity index (χ4n) is 2.41. The van der Waals surface area contributed by atoms with Gasteiger partial charge in [0.2, 0.25) is 0 Å². The van der Waals surface area contributed by atoms with Crippen LogP contribution in [0.4, 0.5) is 4.79 Å². The van der Waals surface area contributed by atoms with Gasteiger partial charge in [-0.25, -0.2) is 9.59 Å². The summed E-state index contributed by atoms with van der Waals surface area (Å²) in [5, 5.41) is 0. The van der Waals surface area contributed by atoms with E-state index in [4.69, 9.17) is 13.7 Å². The van der Waals surface area contributed by atoms with E-state index in [1.807, 2.05) is 0 Å². The van der Waals surface area contributed by atoms with Crippen LogP contribution in [0.25, 0.3) is 0 Å². The van der Waals surface area contributed by atoms with Gasteiger partial charge in [0.25, 0.3) is 10.1 Å². The minimum absolute atomic E-state index is 0.00204. The average Bonchev–Trinajstić information content (AvgIpc) is 2.75. The molecule has 0 bridgehead atoms. The van der Waals surface area contributed by atoms with Crippen LogP contribution in [0.3, 0.4) is 0 Å². The molecular weight excluding hydrogens is 366 g/mol. The zero-order valence-electron chi connectivity index (χ0n) is 16.1. The van der Waals surface area contributed by atoms with E-state index >= 15 is 0 Å². The monoisotopic (exact) mass is 393 g/mol. The summed E-state index contributed by atoms with van der Waals surface area (Å²) < 4.78 is 43.9. The van der Waals surface area contributed by atoms with E-state index in [9.17, 15) is 18.0 Å². The maximum Gasteiger partial charge on any atom is 0.413 e. The lowest BCUT2D eigenvalue weighted by atomic mass is 10.1. The summed E-state index contributed by atoms with van der Waals surface area (Å²) in [5.41, 5.74) is -1.80. The summed E-state index contributed by atoms with van der Waals surface area (Å²) in [6.45, 7) is 8.44. The number of carbonyl (C=O) groups is 2. The molecule has 2 atom stereocenters. The Morgan fingerprint density at radius 2 is 1.88 bits per heavy atom. The van der Waals surface area contributed by atoms with Crippen molar-refractivity contribution in [2.45, 2.75) is 58.1 Å². The number of hydrogen-bond acceptors (Lipinski definition) is 8. The van der Waals surface area contributed by atoms with Crippen molar-refractivity contribution < 1.29 is 36.4 Å². The highest BCUT2D eigenvalue weighted by Gasteiger charge is 2.49. The van der Waals surface area contributed by atoms with Crippen LogP contribution >= 0.6 is 0 Å². The highest BCUT2D eigenvalue weighted by molar-refractivity contribution is 7.86. The molecule has 1 aliphatic rings.